The lowest BCUT2D eigenvalue weighted by atomic mass is 10.1. The van der Waals surface area contributed by atoms with Crippen LogP contribution in [0.5, 0.6) is 0 Å². The minimum Gasteiger partial charge on any atom is -1.00 e. The van der Waals surface area contributed by atoms with Gasteiger partial charge in [0.2, 0.25) is 0 Å². The summed E-state index contributed by atoms with van der Waals surface area (Å²) in [5.41, 5.74) is -0.434. The Morgan fingerprint density at radius 2 is 1.48 bits per heavy atom. The smallest absolute Gasteiger partial charge is 0.342 e. The molecule has 0 rings (SSSR count). The van der Waals surface area contributed by atoms with Crippen LogP contribution in [0.4, 0.5) is 0 Å². The average molecular weight is 324 g/mol. The molecule has 0 aromatic rings. The van der Waals surface area contributed by atoms with E-state index in [4.69, 9.17) is 9.78 Å². The zero-order chi connectivity index (χ0) is 15.6. The van der Waals surface area contributed by atoms with Gasteiger partial charge in [-0.05, 0) is 60.8 Å². The number of hydrogen-bond acceptors (Lipinski definition) is 3. The van der Waals surface area contributed by atoms with Gasteiger partial charge in [-0.15, -0.1) is 0 Å². The summed E-state index contributed by atoms with van der Waals surface area (Å²) in [4.78, 5) is 21.2. The van der Waals surface area contributed by atoms with E-state index >= 15 is 0 Å². The number of carbonyl (C=O) groups is 1. The van der Waals surface area contributed by atoms with Crippen LogP contribution in [-0.2, 0) is 14.6 Å². The number of halogens is 1. The number of hydrogen-bond donors (Lipinski definition) is 0. The van der Waals surface area contributed by atoms with Crippen LogP contribution in [0.2, 0.25) is 0 Å². The zero-order valence-electron chi connectivity index (χ0n) is 14.7. The molecule has 4 nitrogen and oxygen atoms in total. The quantitative estimate of drug-likeness (QED) is 0.257. The lowest BCUT2D eigenvalue weighted by Crippen LogP contribution is -3.00. The molecule has 0 aliphatic rings. The van der Waals surface area contributed by atoms with Gasteiger partial charge in [0.15, 0.2) is 0 Å². The van der Waals surface area contributed by atoms with E-state index in [2.05, 4.69) is 20.8 Å². The highest BCUT2D eigenvalue weighted by atomic mass is 35.5. The standard InChI is InChI=1S/C16H34NO3.ClH/c1-7-17(8-2,9-3)14-12-10-11-13-15(18)19-20-16(4,5)6;/h7-14H2,1-6H3;1H/q+1;/p-1. The summed E-state index contributed by atoms with van der Waals surface area (Å²) < 4.78 is 1.18. The number of quaternary nitrogens is 1. The molecular formula is C16H34ClNO3. The van der Waals surface area contributed by atoms with Crippen molar-refractivity contribution in [1.29, 1.82) is 0 Å². The van der Waals surface area contributed by atoms with Gasteiger partial charge >= 0.3 is 5.97 Å². The molecule has 0 saturated heterocycles. The number of carbonyl (C=O) groups excluding carboxylic acids is 1. The second kappa shape index (κ2) is 11.3. The van der Waals surface area contributed by atoms with E-state index in [-0.39, 0.29) is 18.4 Å². The molecular weight excluding hydrogens is 290 g/mol. The molecule has 0 aromatic carbocycles. The van der Waals surface area contributed by atoms with Crippen LogP contribution in [0, 0.1) is 0 Å². The maximum absolute atomic E-state index is 11.5. The Morgan fingerprint density at radius 3 is 1.90 bits per heavy atom. The van der Waals surface area contributed by atoms with E-state index in [1.165, 1.54) is 37.1 Å². The molecule has 0 unspecified atom stereocenters. The molecule has 0 heterocycles. The van der Waals surface area contributed by atoms with Crippen molar-refractivity contribution in [3.05, 3.63) is 0 Å². The Morgan fingerprint density at radius 1 is 0.952 bits per heavy atom. The lowest BCUT2D eigenvalue weighted by molar-refractivity contribution is -0.923. The van der Waals surface area contributed by atoms with E-state index in [0.717, 1.165) is 12.8 Å². The maximum Gasteiger partial charge on any atom is 0.342 e. The average Bonchev–Trinajstić information content (AvgIpc) is 2.40. The molecule has 0 atom stereocenters. The molecule has 21 heavy (non-hydrogen) atoms. The molecule has 0 fully saturated rings. The van der Waals surface area contributed by atoms with Gasteiger partial charge in [0.05, 0.1) is 26.2 Å². The van der Waals surface area contributed by atoms with E-state index in [9.17, 15) is 4.79 Å². The fourth-order valence-electron chi connectivity index (χ4n) is 2.25. The Balaban J connectivity index is 0. The van der Waals surface area contributed by atoms with Crippen molar-refractivity contribution in [1.82, 2.24) is 0 Å². The third-order valence-electron chi connectivity index (χ3n) is 3.91. The van der Waals surface area contributed by atoms with Crippen molar-refractivity contribution < 1.29 is 31.5 Å². The topological polar surface area (TPSA) is 35.5 Å². The van der Waals surface area contributed by atoms with Crippen molar-refractivity contribution in [3.63, 3.8) is 0 Å². The highest BCUT2D eigenvalue weighted by Gasteiger charge is 2.19. The normalized spacial score (nSPS) is 11.9. The fraction of sp³-hybridized carbons (Fsp3) is 0.938. The first-order valence-electron chi connectivity index (χ1n) is 8.02. The van der Waals surface area contributed by atoms with Crippen LogP contribution in [0.15, 0.2) is 0 Å². The van der Waals surface area contributed by atoms with E-state index in [0.29, 0.717) is 6.42 Å². The molecule has 0 aliphatic heterocycles. The second-order valence-corrected chi connectivity index (χ2v) is 6.48. The molecule has 0 N–H and O–H groups in total. The SMILES string of the molecule is CC[N+](CC)(CC)CCCCCC(=O)OOC(C)(C)C.[Cl-]. The maximum atomic E-state index is 11.5. The number of rotatable bonds is 10. The van der Waals surface area contributed by atoms with Crippen molar-refractivity contribution in [2.45, 2.75) is 72.8 Å². The molecule has 0 bridgehead atoms. The minimum absolute atomic E-state index is 0. The Kier molecular flexibility index (Phi) is 12.3. The van der Waals surface area contributed by atoms with Gasteiger partial charge in [-0.25, -0.2) is 4.79 Å². The molecule has 0 spiro atoms. The lowest BCUT2D eigenvalue weighted by Gasteiger charge is -2.35. The summed E-state index contributed by atoms with van der Waals surface area (Å²) in [7, 11) is 0. The summed E-state index contributed by atoms with van der Waals surface area (Å²) in [5, 5.41) is 0. The molecule has 5 heteroatoms. The van der Waals surface area contributed by atoms with Crippen molar-refractivity contribution in [3.8, 4) is 0 Å². The predicted octanol–water partition coefficient (Wildman–Crippen LogP) is 0.701. The second-order valence-electron chi connectivity index (χ2n) is 6.48. The van der Waals surface area contributed by atoms with Gasteiger partial charge in [0, 0.05) is 6.42 Å². The van der Waals surface area contributed by atoms with Gasteiger partial charge in [0.1, 0.15) is 5.60 Å². The molecule has 0 saturated carbocycles. The third kappa shape index (κ3) is 11.0. The van der Waals surface area contributed by atoms with Gasteiger partial charge in [0.25, 0.3) is 0 Å². The summed E-state index contributed by atoms with van der Waals surface area (Å²) >= 11 is 0. The highest BCUT2D eigenvalue weighted by Crippen LogP contribution is 2.12. The van der Waals surface area contributed by atoms with Crippen molar-refractivity contribution in [2.24, 2.45) is 0 Å². The van der Waals surface area contributed by atoms with Crippen LogP contribution < -0.4 is 12.4 Å². The van der Waals surface area contributed by atoms with Gasteiger partial charge < -0.3 is 16.9 Å². The monoisotopic (exact) mass is 323 g/mol. The first-order valence-corrected chi connectivity index (χ1v) is 8.02. The van der Waals surface area contributed by atoms with Gasteiger partial charge in [-0.1, -0.05) is 0 Å². The summed E-state index contributed by atoms with van der Waals surface area (Å²) in [6.07, 6.45) is 3.57. The van der Waals surface area contributed by atoms with E-state index in [1.807, 2.05) is 20.8 Å². The minimum atomic E-state index is -0.434. The molecule has 0 amide bonds. The van der Waals surface area contributed by atoms with Crippen LogP contribution in [-0.4, -0.2) is 42.2 Å². The third-order valence-corrected chi connectivity index (χ3v) is 3.91. The van der Waals surface area contributed by atoms with Crippen LogP contribution >= 0.6 is 0 Å². The van der Waals surface area contributed by atoms with E-state index < -0.39 is 5.60 Å². The van der Waals surface area contributed by atoms with Crippen molar-refractivity contribution in [2.75, 3.05) is 26.2 Å². The molecule has 0 aromatic heterocycles. The number of nitrogens with zero attached hydrogens (tertiary/aromatic N) is 1. The largest absolute Gasteiger partial charge is 1.00 e. The number of unbranched alkanes of at least 4 members (excludes halogenated alkanes) is 2. The Labute approximate surface area is 137 Å². The molecule has 128 valence electrons. The molecule has 0 radical (unpaired) electrons. The van der Waals surface area contributed by atoms with E-state index in [1.54, 1.807) is 0 Å². The van der Waals surface area contributed by atoms with Gasteiger partial charge in [-0.2, -0.15) is 4.89 Å². The van der Waals surface area contributed by atoms with Crippen molar-refractivity contribution >= 4 is 5.97 Å². The fourth-order valence-corrected chi connectivity index (χ4v) is 2.25. The highest BCUT2D eigenvalue weighted by molar-refractivity contribution is 5.68. The van der Waals surface area contributed by atoms with Gasteiger partial charge in [-0.3, -0.25) is 4.89 Å². The Hall–Kier alpha value is -0.320. The Bertz CT molecular complexity index is 265. The van der Waals surface area contributed by atoms with Crippen LogP contribution in [0.3, 0.4) is 0 Å². The molecule has 0 aliphatic carbocycles. The summed E-state index contributed by atoms with van der Waals surface area (Å²) in [5.74, 6) is -0.262. The zero-order valence-corrected chi connectivity index (χ0v) is 15.5. The summed E-state index contributed by atoms with van der Waals surface area (Å²) in [6.45, 7) is 17.1. The van der Waals surface area contributed by atoms with Crippen LogP contribution in [0.1, 0.15) is 67.2 Å². The van der Waals surface area contributed by atoms with Crippen LogP contribution in [0.25, 0.3) is 0 Å². The predicted molar refractivity (Wildman–Crippen MR) is 82.1 cm³/mol. The first kappa shape index (κ1) is 23.0. The first-order chi connectivity index (χ1) is 9.28. The summed E-state index contributed by atoms with van der Waals surface area (Å²) in [6, 6.07) is 0.